The summed E-state index contributed by atoms with van der Waals surface area (Å²) in [5.41, 5.74) is 0. The maximum Gasteiger partial charge on any atom is 0.134 e. The Morgan fingerprint density at radius 2 is 1.71 bits per heavy atom. The molecule has 1 aromatic heterocycles. The molecule has 0 amide bonds. The molecule has 1 heterocycles. The van der Waals surface area contributed by atoms with E-state index in [-0.39, 0.29) is 0 Å². The highest BCUT2D eigenvalue weighted by Gasteiger charge is 2.10. The van der Waals surface area contributed by atoms with E-state index < -0.39 is 0 Å². The summed E-state index contributed by atoms with van der Waals surface area (Å²) in [7, 11) is 1.90. The molecule has 0 unspecified atom stereocenters. The summed E-state index contributed by atoms with van der Waals surface area (Å²) < 4.78 is 0. The largest absolute Gasteiger partial charge is 0.373 e. The number of rotatable bonds is 10. The van der Waals surface area contributed by atoms with Crippen LogP contribution in [0.25, 0.3) is 0 Å². The molecule has 0 atom stereocenters. The quantitative estimate of drug-likeness (QED) is 0.718. The van der Waals surface area contributed by atoms with Crippen molar-refractivity contribution in [1.82, 2.24) is 14.9 Å². The molecule has 0 fully saturated rings. The van der Waals surface area contributed by atoms with Crippen LogP contribution in [0.3, 0.4) is 0 Å². The van der Waals surface area contributed by atoms with Crippen molar-refractivity contribution in [3.8, 4) is 0 Å². The van der Waals surface area contributed by atoms with Crippen molar-refractivity contribution in [2.45, 2.75) is 40.5 Å². The zero-order valence-electron chi connectivity index (χ0n) is 14.3. The van der Waals surface area contributed by atoms with E-state index in [4.69, 9.17) is 0 Å². The topological polar surface area (TPSA) is 44.3 Å². The van der Waals surface area contributed by atoms with E-state index in [1.165, 1.54) is 0 Å². The van der Waals surface area contributed by atoms with Crippen LogP contribution in [-0.2, 0) is 6.42 Å². The van der Waals surface area contributed by atoms with Crippen molar-refractivity contribution >= 4 is 11.6 Å². The Kier molecular flexibility index (Phi) is 8.05. The third-order valence-electron chi connectivity index (χ3n) is 3.83. The minimum Gasteiger partial charge on any atom is -0.373 e. The molecule has 0 radical (unpaired) electrons. The molecule has 5 nitrogen and oxygen atoms in total. The zero-order valence-corrected chi connectivity index (χ0v) is 14.3. The first kappa shape index (κ1) is 17.7. The van der Waals surface area contributed by atoms with Crippen LogP contribution in [0.15, 0.2) is 6.07 Å². The number of aromatic nitrogens is 2. The van der Waals surface area contributed by atoms with E-state index in [1.807, 2.05) is 13.1 Å². The number of hydrogen-bond donors (Lipinski definition) is 1. The number of nitrogens with zero attached hydrogens (tertiary/aromatic N) is 4. The predicted molar refractivity (Wildman–Crippen MR) is 91.2 cm³/mol. The van der Waals surface area contributed by atoms with Crippen molar-refractivity contribution in [3.63, 3.8) is 0 Å². The highest BCUT2D eigenvalue weighted by molar-refractivity contribution is 5.49. The fourth-order valence-corrected chi connectivity index (χ4v) is 2.39. The fraction of sp³-hybridized carbons (Fsp3) is 0.750. The Hall–Kier alpha value is -1.36. The molecule has 0 aliphatic heterocycles. The van der Waals surface area contributed by atoms with Gasteiger partial charge in [0.05, 0.1) is 0 Å². The van der Waals surface area contributed by atoms with Gasteiger partial charge in [0.15, 0.2) is 0 Å². The second-order valence-corrected chi connectivity index (χ2v) is 5.09. The predicted octanol–water partition coefficient (Wildman–Crippen LogP) is 2.64. The maximum atomic E-state index is 4.67. The van der Waals surface area contributed by atoms with Crippen LogP contribution >= 0.6 is 0 Å². The van der Waals surface area contributed by atoms with Crippen LogP contribution < -0.4 is 10.2 Å². The molecule has 0 aromatic carbocycles. The molecule has 0 spiro atoms. The van der Waals surface area contributed by atoms with Gasteiger partial charge in [-0.05, 0) is 33.0 Å². The van der Waals surface area contributed by atoms with Crippen LogP contribution in [-0.4, -0.2) is 54.6 Å². The van der Waals surface area contributed by atoms with Gasteiger partial charge in [0, 0.05) is 32.6 Å². The lowest BCUT2D eigenvalue weighted by molar-refractivity contribution is 0.300. The summed E-state index contributed by atoms with van der Waals surface area (Å²) in [4.78, 5) is 13.9. The molecule has 1 rings (SSSR count). The Morgan fingerprint density at radius 1 is 1.00 bits per heavy atom. The van der Waals surface area contributed by atoms with Crippen LogP contribution in [0.4, 0.5) is 11.6 Å². The monoisotopic (exact) mass is 293 g/mol. The van der Waals surface area contributed by atoms with Gasteiger partial charge in [-0.1, -0.05) is 20.8 Å². The summed E-state index contributed by atoms with van der Waals surface area (Å²) in [5.74, 6) is 2.84. The van der Waals surface area contributed by atoms with Gasteiger partial charge >= 0.3 is 0 Å². The van der Waals surface area contributed by atoms with E-state index in [1.54, 1.807) is 0 Å². The SMILES string of the molecule is CCc1nc(NC)cc(N(CC)CCCN(CC)CC)n1. The molecule has 0 aliphatic carbocycles. The third kappa shape index (κ3) is 5.50. The van der Waals surface area contributed by atoms with Gasteiger partial charge in [0.2, 0.25) is 0 Å². The molecule has 1 N–H and O–H groups in total. The van der Waals surface area contributed by atoms with Gasteiger partial charge in [-0.3, -0.25) is 0 Å². The van der Waals surface area contributed by atoms with Gasteiger partial charge in [0.1, 0.15) is 17.5 Å². The number of nitrogens with one attached hydrogen (secondary N) is 1. The Morgan fingerprint density at radius 3 is 2.24 bits per heavy atom. The van der Waals surface area contributed by atoms with Gasteiger partial charge in [-0.2, -0.15) is 0 Å². The number of aryl methyl sites for hydroxylation is 1. The van der Waals surface area contributed by atoms with Gasteiger partial charge in [0.25, 0.3) is 0 Å². The molecule has 0 saturated heterocycles. The lowest BCUT2D eigenvalue weighted by atomic mass is 10.3. The molecule has 1 aromatic rings. The Bertz CT molecular complexity index is 381. The molecule has 0 aliphatic rings. The smallest absolute Gasteiger partial charge is 0.134 e. The standard InChI is InChI=1S/C16H31N5/c1-6-14-18-15(17-5)13-16(19-14)21(9-4)12-10-11-20(7-2)8-3/h13H,6-12H2,1-5H3,(H,17,18,19). The van der Waals surface area contributed by atoms with Gasteiger partial charge in [-0.25, -0.2) is 9.97 Å². The first-order chi connectivity index (χ1) is 10.2. The second kappa shape index (κ2) is 9.55. The maximum absolute atomic E-state index is 4.67. The van der Waals surface area contributed by atoms with E-state index in [2.05, 4.69) is 52.8 Å². The highest BCUT2D eigenvalue weighted by Crippen LogP contribution is 2.16. The molecule has 120 valence electrons. The molecule has 0 bridgehead atoms. The van der Waals surface area contributed by atoms with Crippen molar-refractivity contribution in [2.24, 2.45) is 0 Å². The zero-order chi connectivity index (χ0) is 15.7. The Balaban J connectivity index is 2.70. The summed E-state index contributed by atoms with van der Waals surface area (Å²) in [6, 6.07) is 2.04. The molecular weight excluding hydrogens is 262 g/mol. The van der Waals surface area contributed by atoms with Crippen LogP contribution in [0.2, 0.25) is 0 Å². The summed E-state index contributed by atoms with van der Waals surface area (Å²) in [6.45, 7) is 14.1. The highest BCUT2D eigenvalue weighted by atomic mass is 15.2. The van der Waals surface area contributed by atoms with Crippen LogP contribution in [0.1, 0.15) is 39.9 Å². The summed E-state index contributed by atoms with van der Waals surface area (Å²) in [5, 5.41) is 3.13. The summed E-state index contributed by atoms with van der Waals surface area (Å²) in [6.07, 6.45) is 2.02. The van der Waals surface area contributed by atoms with E-state index in [0.717, 1.165) is 63.0 Å². The molecule has 5 heteroatoms. The average molecular weight is 293 g/mol. The normalized spacial score (nSPS) is 11.0. The lowest BCUT2D eigenvalue weighted by Crippen LogP contribution is -2.30. The Labute approximate surface area is 129 Å². The minimum atomic E-state index is 0.861. The second-order valence-electron chi connectivity index (χ2n) is 5.09. The number of hydrogen-bond acceptors (Lipinski definition) is 5. The molecular formula is C16H31N5. The minimum absolute atomic E-state index is 0.861. The van der Waals surface area contributed by atoms with Crippen LogP contribution in [0, 0.1) is 0 Å². The van der Waals surface area contributed by atoms with Gasteiger partial charge < -0.3 is 15.1 Å². The number of anilines is 2. The van der Waals surface area contributed by atoms with Crippen LogP contribution in [0.5, 0.6) is 0 Å². The third-order valence-corrected chi connectivity index (χ3v) is 3.83. The van der Waals surface area contributed by atoms with Gasteiger partial charge in [-0.15, -0.1) is 0 Å². The van der Waals surface area contributed by atoms with E-state index in [9.17, 15) is 0 Å². The molecule has 21 heavy (non-hydrogen) atoms. The lowest BCUT2D eigenvalue weighted by Gasteiger charge is -2.25. The first-order valence-electron chi connectivity index (χ1n) is 8.21. The summed E-state index contributed by atoms with van der Waals surface area (Å²) >= 11 is 0. The fourth-order valence-electron chi connectivity index (χ4n) is 2.39. The first-order valence-corrected chi connectivity index (χ1v) is 8.21. The molecule has 0 saturated carbocycles. The van der Waals surface area contributed by atoms with Crippen molar-refractivity contribution in [2.75, 3.05) is 50.0 Å². The van der Waals surface area contributed by atoms with E-state index in [0.29, 0.717) is 0 Å². The average Bonchev–Trinajstić information content (AvgIpc) is 2.54. The van der Waals surface area contributed by atoms with Crippen molar-refractivity contribution in [1.29, 1.82) is 0 Å². The van der Waals surface area contributed by atoms with Crippen molar-refractivity contribution in [3.05, 3.63) is 11.9 Å². The van der Waals surface area contributed by atoms with Crippen molar-refractivity contribution < 1.29 is 0 Å². The van der Waals surface area contributed by atoms with E-state index >= 15 is 0 Å².